The van der Waals surface area contributed by atoms with E-state index in [0.29, 0.717) is 23.9 Å². The predicted molar refractivity (Wildman–Crippen MR) is 139 cm³/mol. The van der Waals surface area contributed by atoms with E-state index in [4.69, 9.17) is 18.6 Å². The minimum Gasteiger partial charge on any atom is -0.493 e. The van der Waals surface area contributed by atoms with Crippen LogP contribution >= 0.6 is 0 Å². The van der Waals surface area contributed by atoms with Crippen LogP contribution in [0.1, 0.15) is 25.0 Å². The second kappa shape index (κ2) is 10.4. The number of benzene rings is 3. The molecule has 6 heteroatoms. The van der Waals surface area contributed by atoms with Crippen molar-refractivity contribution in [3.05, 3.63) is 78.1 Å². The van der Waals surface area contributed by atoms with E-state index in [-0.39, 0.29) is 5.91 Å². The zero-order valence-corrected chi connectivity index (χ0v) is 20.6. The number of hydrogen-bond donors (Lipinski definition) is 1. The fourth-order valence-electron chi connectivity index (χ4n) is 4.14. The summed E-state index contributed by atoms with van der Waals surface area (Å²) in [6.07, 6.45) is 3.33. The summed E-state index contributed by atoms with van der Waals surface area (Å²) in [5.41, 5.74) is 5.82. The Labute approximate surface area is 205 Å². The fraction of sp³-hybridized carbons (Fsp3) is 0.207. The normalized spacial score (nSPS) is 11.4. The number of allylic oxidation sites excluding steroid dienone is 1. The van der Waals surface area contributed by atoms with Gasteiger partial charge in [0.1, 0.15) is 11.3 Å². The lowest BCUT2D eigenvalue weighted by Gasteiger charge is -2.15. The van der Waals surface area contributed by atoms with Gasteiger partial charge in [0.25, 0.3) is 0 Å². The van der Waals surface area contributed by atoms with Crippen LogP contribution in [0.25, 0.3) is 27.7 Å². The zero-order chi connectivity index (χ0) is 24.9. The smallest absolute Gasteiger partial charge is 0.248 e. The largest absolute Gasteiger partial charge is 0.493 e. The van der Waals surface area contributed by atoms with Crippen LogP contribution in [0.5, 0.6) is 17.2 Å². The molecule has 6 nitrogen and oxygen atoms in total. The van der Waals surface area contributed by atoms with Crippen molar-refractivity contribution in [1.29, 1.82) is 0 Å². The highest BCUT2D eigenvalue weighted by Crippen LogP contribution is 2.42. The first-order chi connectivity index (χ1) is 17.0. The van der Waals surface area contributed by atoms with Gasteiger partial charge in [-0.3, -0.25) is 4.79 Å². The number of anilines is 1. The molecular formula is C29H29NO5. The number of nitrogens with one attached hydrogen (secondary N) is 1. The lowest BCUT2D eigenvalue weighted by atomic mass is 9.96. The quantitative estimate of drug-likeness (QED) is 0.284. The first-order valence-electron chi connectivity index (χ1n) is 11.4. The summed E-state index contributed by atoms with van der Waals surface area (Å²) in [7, 11) is 3.22. The SMILES string of the molecule is CCOc1c(/C(C)=C/C(=O)Nc2ccccc2)cc2c(-c3ccc(OC)c(OC)c3)coc2c1C. The van der Waals surface area contributed by atoms with Gasteiger partial charge in [0, 0.05) is 33.8 Å². The van der Waals surface area contributed by atoms with Crippen molar-refractivity contribution in [1.82, 2.24) is 0 Å². The molecule has 0 unspecified atom stereocenters. The Morgan fingerprint density at radius 1 is 1.03 bits per heavy atom. The second-order valence-electron chi connectivity index (χ2n) is 8.09. The molecule has 1 N–H and O–H groups in total. The summed E-state index contributed by atoms with van der Waals surface area (Å²) in [6.45, 7) is 6.30. The van der Waals surface area contributed by atoms with E-state index in [9.17, 15) is 4.79 Å². The van der Waals surface area contributed by atoms with Crippen molar-refractivity contribution in [2.24, 2.45) is 0 Å². The van der Waals surface area contributed by atoms with Gasteiger partial charge < -0.3 is 23.9 Å². The third-order valence-corrected chi connectivity index (χ3v) is 5.84. The molecule has 0 saturated heterocycles. The van der Waals surface area contributed by atoms with E-state index in [1.165, 1.54) is 0 Å². The molecule has 4 rings (SSSR count). The van der Waals surface area contributed by atoms with E-state index < -0.39 is 0 Å². The summed E-state index contributed by atoms with van der Waals surface area (Å²) < 4.78 is 22.9. The van der Waals surface area contributed by atoms with Gasteiger partial charge >= 0.3 is 0 Å². The van der Waals surface area contributed by atoms with Crippen molar-refractivity contribution in [3.8, 4) is 28.4 Å². The van der Waals surface area contributed by atoms with Gasteiger partial charge in [0.15, 0.2) is 11.5 Å². The van der Waals surface area contributed by atoms with Gasteiger partial charge in [-0.05, 0) is 62.2 Å². The van der Waals surface area contributed by atoms with E-state index in [2.05, 4.69) is 5.32 Å². The summed E-state index contributed by atoms with van der Waals surface area (Å²) in [5, 5.41) is 3.82. The molecular weight excluding hydrogens is 442 g/mol. The van der Waals surface area contributed by atoms with Gasteiger partial charge in [0.2, 0.25) is 5.91 Å². The van der Waals surface area contributed by atoms with Gasteiger partial charge in [-0.2, -0.15) is 0 Å². The number of fused-ring (bicyclic) bond motifs is 1. The Morgan fingerprint density at radius 2 is 1.77 bits per heavy atom. The second-order valence-corrected chi connectivity index (χ2v) is 8.09. The molecule has 35 heavy (non-hydrogen) atoms. The van der Waals surface area contributed by atoms with Crippen LogP contribution in [0.3, 0.4) is 0 Å². The van der Waals surface area contributed by atoms with Crippen molar-refractivity contribution < 1.29 is 23.4 Å². The van der Waals surface area contributed by atoms with Crippen molar-refractivity contribution in [2.75, 3.05) is 26.1 Å². The highest BCUT2D eigenvalue weighted by Gasteiger charge is 2.20. The molecule has 1 aromatic heterocycles. The number of carbonyl (C=O) groups excluding carboxylic acids is 1. The highest BCUT2D eigenvalue weighted by atomic mass is 16.5. The zero-order valence-electron chi connectivity index (χ0n) is 20.6. The van der Waals surface area contributed by atoms with E-state index in [0.717, 1.165) is 44.5 Å². The summed E-state index contributed by atoms with van der Waals surface area (Å²) in [6, 6.07) is 17.1. The fourth-order valence-corrected chi connectivity index (χ4v) is 4.14. The molecule has 0 fully saturated rings. The first kappa shape index (κ1) is 24.0. The number of rotatable bonds is 8. The molecule has 0 radical (unpaired) electrons. The van der Waals surface area contributed by atoms with Crippen molar-refractivity contribution in [3.63, 3.8) is 0 Å². The molecule has 0 aliphatic carbocycles. The average Bonchev–Trinajstić information content (AvgIpc) is 3.30. The molecule has 1 heterocycles. The molecule has 0 bridgehead atoms. The highest BCUT2D eigenvalue weighted by molar-refractivity contribution is 6.06. The molecule has 0 aliphatic heterocycles. The molecule has 0 spiro atoms. The lowest BCUT2D eigenvalue weighted by Crippen LogP contribution is -2.08. The Morgan fingerprint density at radius 3 is 2.46 bits per heavy atom. The van der Waals surface area contributed by atoms with Gasteiger partial charge in [-0.15, -0.1) is 0 Å². The lowest BCUT2D eigenvalue weighted by molar-refractivity contribution is -0.111. The topological polar surface area (TPSA) is 69.9 Å². The van der Waals surface area contributed by atoms with Crippen LogP contribution in [0.15, 0.2) is 71.4 Å². The number of hydrogen-bond acceptors (Lipinski definition) is 5. The molecule has 0 aliphatic rings. The van der Waals surface area contributed by atoms with Crippen molar-refractivity contribution in [2.45, 2.75) is 20.8 Å². The van der Waals surface area contributed by atoms with Gasteiger partial charge in [0.05, 0.1) is 27.1 Å². The van der Waals surface area contributed by atoms with E-state index >= 15 is 0 Å². The summed E-state index contributed by atoms with van der Waals surface area (Å²) in [4.78, 5) is 12.7. The molecule has 0 atom stereocenters. The van der Waals surface area contributed by atoms with Crippen LogP contribution in [0.4, 0.5) is 5.69 Å². The van der Waals surface area contributed by atoms with Crippen LogP contribution in [-0.2, 0) is 4.79 Å². The van der Waals surface area contributed by atoms with Crippen LogP contribution in [0, 0.1) is 6.92 Å². The van der Waals surface area contributed by atoms with Crippen LogP contribution in [-0.4, -0.2) is 26.7 Å². The monoisotopic (exact) mass is 471 g/mol. The number of ether oxygens (including phenoxy) is 3. The maximum Gasteiger partial charge on any atom is 0.248 e. The molecule has 180 valence electrons. The third kappa shape index (κ3) is 4.87. The summed E-state index contributed by atoms with van der Waals surface area (Å²) >= 11 is 0. The standard InChI is InChI=1S/C29H29NO5/c1-6-34-28-19(3)29-23(24(17-35-29)20-12-13-25(32-4)26(15-20)33-5)16-22(28)18(2)14-27(31)30-21-10-8-7-9-11-21/h7-17H,6H2,1-5H3,(H,30,31)/b18-14+. The number of aryl methyl sites for hydroxylation is 1. The molecule has 1 amide bonds. The number of methoxy groups -OCH3 is 2. The number of amides is 1. The Balaban J connectivity index is 1.81. The third-order valence-electron chi connectivity index (χ3n) is 5.84. The maximum absolute atomic E-state index is 12.7. The van der Waals surface area contributed by atoms with E-state index in [1.807, 2.05) is 75.4 Å². The number of furan rings is 1. The van der Waals surface area contributed by atoms with E-state index in [1.54, 1.807) is 26.6 Å². The Hall–Kier alpha value is -4.19. The van der Waals surface area contributed by atoms with Gasteiger partial charge in [-0.1, -0.05) is 24.3 Å². The first-order valence-corrected chi connectivity index (χ1v) is 11.4. The maximum atomic E-state index is 12.7. The van der Waals surface area contributed by atoms with Crippen LogP contribution in [0.2, 0.25) is 0 Å². The molecule has 4 aromatic rings. The average molecular weight is 472 g/mol. The summed E-state index contributed by atoms with van der Waals surface area (Å²) in [5.74, 6) is 1.79. The molecule has 3 aromatic carbocycles. The minimum atomic E-state index is -0.207. The molecule has 0 saturated carbocycles. The number of carbonyl (C=O) groups is 1. The Bertz CT molecular complexity index is 1390. The minimum absolute atomic E-state index is 0.207. The number of para-hydroxylation sites is 1. The van der Waals surface area contributed by atoms with Crippen LogP contribution < -0.4 is 19.5 Å². The van der Waals surface area contributed by atoms with Crippen molar-refractivity contribution >= 4 is 28.1 Å². The Kier molecular flexibility index (Phi) is 7.11. The van der Waals surface area contributed by atoms with Gasteiger partial charge in [-0.25, -0.2) is 0 Å². The predicted octanol–water partition coefficient (Wildman–Crippen LogP) is 6.87.